The van der Waals surface area contributed by atoms with Crippen LogP contribution in [0.1, 0.15) is 19.8 Å². The highest BCUT2D eigenvalue weighted by atomic mass is 16.4. The fourth-order valence-electron chi connectivity index (χ4n) is 2.32. The van der Waals surface area contributed by atoms with Gasteiger partial charge in [-0.15, -0.1) is 0 Å². The Labute approximate surface area is 111 Å². The summed E-state index contributed by atoms with van der Waals surface area (Å²) in [5.74, 6) is -1.18. The molecule has 0 aliphatic carbocycles. The summed E-state index contributed by atoms with van der Waals surface area (Å²) < 4.78 is 0. The molecule has 106 valence electrons. The number of carboxylic acids is 1. The number of urea groups is 1. The molecular formula is C12H19N3O4. The number of aliphatic carboxylic acids is 1. The Morgan fingerprint density at radius 1 is 1.47 bits per heavy atom. The van der Waals surface area contributed by atoms with Crippen molar-refractivity contribution in [2.45, 2.75) is 25.8 Å². The minimum absolute atomic E-state index is 0.0183. The predicted octanol–water partition coefficient (Wildman–Crippen LogP) is -0.373. The molecule has 2 aliphatic rings. The second-order valence-corrected chi connectivity index (χ2v) is 5.28. The molecule has 2 heterocycles. The Morgan fingerprint density at radius 3 is 2.68 bits per heavy atom. The average molecular weight is 269 g/mol. The van der Waals surface area contributed by atoms with Gasteiger partial charge in [-0.3, -0.25) is 9.59 Å². The molecule has 19 heavy (non-hydrogen) atoms. The maximum absolute atomic E-state index is 11.9. The quantitative estimate of drug-likeness (QED) is 0.651. The molecule has 2 saturated heterocycles. The minimum atomic E-state index is -0.819. The van der Waals surface area contributed by atoms with E-state index in [-0.39, 0.29) is 23.9 Å². The van der Waals surface area contributed by atoms with Crippen molar-refractivity contribution in [3.8, 4) is 0 Å². The fraction of sp³-hybridized carbons (Fsp3) is 0.750. The molecular weight excluding hydrogens is 250 g/mol. The van der Waals surface area contributed by atoms with E-state index in [4.69, 9.17) is 5.11 Å². The molecule has 2 rings (SSSR count). The molecule has 7 heteroatoms. The van der Waals surface area contributed by atoms with Crippen LogP contribution in [0.3, 0.4) is 0 Å². The van der Waals surface area contributed by atoms with Gasteiger partial charge in [0.15, 0.2) is 0 Å². The number of carboxylic acid groups (broad SMARTS) is 1. The van der Waals surface area contributed by atoms with E-state index in [1.54, 1.807) is 11.8 Å². The number of nitrogens with zero attached hydrogens (tertiary/aromatic N) is 1. The third-order valence-corrected chi connectivity index (χ3v) is 3.89. The highest BCUT2D eigenvalue weighted by molar-refractivity contribution is 5.79. The van der Waals surface area contributed by atoms with Crippen LogP contribution < -0.4 is 10.6 Å². The summed E-state index contributed by atoms with van der Waals surface area (Å²) in [7, 11) is 0. The van der Waals surface area contributed by atoms with Gasteiger partial charge in [-0.25, -0.2) is 4.79 Å². The Hall–Kier alpha value is -1.79. The van der Waals surface area contributed by atoms with Gasteiger partial charge in [-0.2, -0.15) is 0 Å². The van der Waals surface area contributed by atoms with Crippen LogP contribution in [0.25, 0.3) is 0 Å². The van der Waals surface area contributed by atoms with Gasteiger partial charge in [0.05, 0.1) is 5.92 Å². The lowest BCUT2D eigenvalue weighted by atomic mass is 9.87. The van der Waals surface area contributed by atoms with Crippen LogP contribution in [0.15, 0.2) is 0 Å². The predicted molar refractivity (Wildman–Crippen MR) is 66.4 cm³/mol. The summed E-state index contributed by atoms with van der Waals surface area (Å²) in [6.07, 6.45) is 1.09. The zero-order valence-electron chi connectivity index (χ0n) is 10.9. The molecule has 0 saturated carbocycles. The van der Waals surface area contributed by atoms with Gasteiger partial charge in [-0.1, -0.05) is 6.92 Å². The summed E-state index contributed by atoms with van der Waals surface area (Å²) in [5, 5.41) is 14.4. The number of likely N-dealkylation sites (tertiary alicyclic amines) is 1. The summed E-state index contributed by atoms with van der Waals surface area (Å²) in [5.41, 5.74) is 0. The van der Waals surface area contributed by atoms with E-state index < -0.39 is 11.9 Å². The first-order valence-corrected chi connectivity index (χ1v) is 6.52. The standard InChI is InChI=1S/C12H19N3O4/c1-7(11(17)18)8-5-15(6-8)12(19)14-9-2-3-10(16)13-4-9/h7-9H,2-6H2,1H3,(H,13,16)(H,14,19)(H,17,18). The van der Waals surface area contributed by atoms with E-state index in [9.17, 15) is 14.4 Å². The molecule has 0 aromatic heterocycles. The van der Waals surface area contributed by atoms with Crippen molar-refractivity contribution in [1.29, 1.82) is 0 Å². The first-order chi connectivity index (χ1) is 8.97. The zero-order valence-corrected chi connectivity index (χ0v) is 10.9. The number of carbonyl (C=O) groups is 3. The number of carbonyl (C=O) groups excluding carboxylic acids is 2. The van der Waals surface area contributed by atoms with Gasteiger partial charge in [0.1, 0.15) is 0 Å². The van der Waals surface area contributed by atoms with Gasteiger partial charge < -0.3 is 20.6 Å². The number of amides is 3. The zero-order chi connectivity index (χ0) is 14.0. The van der Waals surface area contributed by atoms with Crippen LogP contribution in [-0.2, 0) is 9.59 Å². The highest BCUT2D eigenvalue weighted by Gasteiger charge is 2.37. The molecule has 0 aromatic rings. The lowest BCUT2D eigenvalue weighted by Gasteiger charge is -2.41. The first kappa shape index (κ1) is 13.6. The maximum Gasteiger partial charge on any atom is 0.317 e. The molecule has 0 spiro atoms. The van der Waals surface area contributed by atoms with Crippen LogP contribution in [0, 0.1) is 11.8 Å². The molecule has 0 radical (unpaired) electrons. The third kappa shape index (κ3) is 3.15. The van der Waals surface area contributed by atoms with Crippen LogP contribution in [0.5, 0.6) is 0 Å². The number of hydrogen-bond donors (Lipinski definition) is 3. The van der Waals surface area contributed by atoms with Crippen molar-refractivity contribution in [2.75, 3.05) is 19.6 Å². The van der Waals surface area contributed by atoms with Gasteiger partial charge in [-0.05, 0) is 6.42 Å². The van der Waals surface area contributed by atoms with E-state index in [0.717, 1.165) is 0 Å². The van der Waals surface area contributed by atoms with Crippen molar-refractivity contribution in [1.82, 2.24) is 15.5 Å². The Bertz CT molecular complexity index is 382. The van der Waals surface area contributed by atoms with Crippen molar-refractivity contribution in [2.24, 2.45) is 11.8 Å². The van der Waals surface area contributed by atoms with E-state index in [1.807, 2.05) is 0 Å². The number of rotatable bonds is 3. The lowest BCUT2D eigenvalue weighted by molar-refractivity contribution is -0.144. The molecule has 3 amide bonds. The SMILES string of the molecule is CC(C(=O)O)C1CN(C(=O)NC2CCC(=O)NC2)C1. The van der Waals surface area contributed by atoms with Gasteiger partial charge >= 0.3 is 12.0 Å². The van der Waals surface area contributed by atoms with Gasteiger partial charge in [0.25, 0.3) is 0 Å². The second-order valence-electron chi connectivity index (χ2n) is 5.28. The van der Waals surface area contributed by atoms with Crippen LogP contribution in [0.2, 0.25) is 0 Å². The van der Waals surface area contributed by atoms with Crippen molar-refractivity contribution >= 4 is 17.9 Å². The van der Waals surface area contributed by atoms with Crippen molar-refractivity contribution < 1.29 is 19.5 Å². The molecule has 3 N–H and O–H groups in total. The first-order valence-electron chi connectivity index (χ1n) is 6.52. The van der Waals surface area contributed by atoms with Gasteiger partial charge in [0.2, 0.25) is 5.91 Å². The lowest BCUT2D eigenvalue weighted by Crippen LogP contribution is -2.59. The Morgan fingerprint density at radius 2 is 2.16 bits per heavy atom. The van der Waals surface area contributed by atoms with Crippen LogP contribution >= 0.6 is 0 Å². The third-order valence-electron chi connectivity index (χ3n) is 3.89. The highest BCUT2D eigenvalue weighted by Crippen LogP contribution is 2.24. The molecule has 2 unspecified atom stereocenters. The summed E-state index contributed by atoms with van der Waals surface area (Å²) >= 11 is 0. The van der Waals surface area contributed by atoms with Crippen molar-refractivity contribution in [3.05, 3.63) is 0 Å². The van der Waals surface area contributed by atoms with E-state index in [1.165, 1.54) is 0 Å². The number of piperidine rings is 1. The molecule has 0 aromatic carbocycles. The smallest absolute Gasteiger partial charge is 0.317 e. The Kier molecular flexibility index (Phi) is 3.92. The summed E-state index contributed by atoms with van der Waals surface area (Å²) in [4.78, 5) is 35.3. The molecule has 0 bridgehead atoms. The topological polar surface area (TPSA) is 98.7 Å². The van der Waals surface area contributed by atoms with Crippen LogP contribution in [0.4, 0.5) is 4.79 Å². The normalized spacial score (nSPS) is 25.2. The second kappa shape index (κ2) is 5.46. The maximum atomic E-state index is 11.9. The fourth-order valence-corrected chi connectivity index (χ4v) is 2.32. The van der Waals surface area contributed by atoms with E-state index in [2.05, 4.69) is 10.6 Å². The summed E-state index contributed by atoms with van der Waals surface area (Å²) in [6, 6.07) is -0.198. The number of hydrogen-bond acceptors (Lipinski definition) is 3. The molecule has 2 fully saturated rings. The van der Waals surface area contributed by atoms with Gasteiger partial charge in [0, 0.05) is 38.0 Å². The largest absolute Gasteiger partial charge is 0.481 e. The van der Waals surface area contributed by atoms with Crippen LogP contribution in [-0.4, -0.2) is 53.6 Å². The monoisotopic (exact) mass is 269 g/mol. The van der Waals surface area contributed by atoms with E-state index in [0.29, 0.717) is 32.5 Å². The summed E-state index contributed by atoms with van der Waals surface area (Å²) in [6.45, 7) is 3.10. The molecule has 2 atom stereocenters. The molecule has 7 nitrogen and oxygen atoms in total. The average Bonchev–Trinajstić information content (AvgIpc) is 2.30. The van der Waals surface area contributed by atoms with Crippen molar-refractivity contribution in [3.63, 3.8) is 0 Å². The van der Waals surface area contributed by atoms with E-state index >= 15 is 0 Å². The Balaban J connectivity index is 1.71. The number of nitrogens with one attached hydrogen (secondary N) is 2. The minimum Gasteiger partial charge on any atom is -0.481 e. The molecule has 2 aliphatic heterocycles.